The topological polar surface area (TPSA) is 60.9 Å². The van der Waals surface area contributed by atoms with Gasteiger partial charge in [-0.1, -0.05) is 0 Å². The number of nitrogens with zero attached hydrogens (tertiary/aromatic N) is 3. The summed E-state index contributed by atoms with van der Waals surface area (Å²) in [7, 11) is 0.438. The van der Waals surface area contributed by atoms with Crippen molar-refractivity contribution in [2.45, 2.75) is 11.1 Å². The lowest BCUT2D eigenvalue weighted by Crippen LogP contribution is -2.50. The minimum absolute atomic E-state index is 0.0562. The normalized spacial score (nSPS) is 15.9. The second kappa shape index (κ2) is 7.38. The molecule has 1 aromatic carbocycles. The van der Waals surface area contributed by atoms with Gasteiger partial charge in [0, 0.05) is 56.4 Å². The maximum absolute atomic E-state index is 12.7. The second-order valence-electron chi connectivity index (χ2n) is 6.50. The highest BCUT2D eigenvalue weighted by molar-refractivity contribution is 7.91. The maximum atomic E-state index is 12.7. The van der Waals surface area contributed by atoms with Crippen LogP contribution >= 0.6 is 11.3 Å². The zero-order valence-electron chi connectivity index (χ0n) is 15.2. The van der Waals surface area contributed by atoms with Crippen molar-refractivity contribution in [3.8, 4) is 0 Å². The van der Waals surface area contributed by atoms with Crippen LogP contribution in [0.5, 0.6) is 0 Å². The van der Waals surface area contributed by atoms with Crippen LogP contribution in [0.15, 0.2) is 40.6 Å². The molecule has 0 N–H and O–H groups in total. The molecule has 8 heteroatoms. The van der Waals surface area contributed by atoms with Gasteiger partial charge in [0.2, 0.25) is 0 Å². The average molecular weight is 394 g/mol. The highest BCUT2D eigenvalue weighted by atomic mass is 32.2. The largest absolute Gasteiger partial charge is 0.378 e. The first kappa shape index (κ1) is 18.9. The summed E-state index contributed by atoms with van der Waals surface area (Å²) in [4.78, 5) is 17.3. The van der Waals surface area contributed by atoms with E-state index in [1.807, 2.05) is 56.3 Å². The van der Waals surface area contributed by atoms with Crippen molar-refractivity contribution < 1.29 is 13.2 Å². The number of thiophene rings is 1. The molecular weight excluding hydrogens is 370 g/mol. The summed E-state index contributed by atoms with van der Waals surface area (Å²) >= 11 is 1.28. The molecule has 1 aliphatic rings. The van der Waals surface area contributed by atoms with E-state index in [0.29, 0.717) is 36.0 Å². The molecule has 0 bridgehead atoms. The lowest BCUT2D eigenvalue weighted by Gasteiger charge is -2.33. The molecule has 0 radical (unpaired) electrons. The lowest BCUT2D eigenvalue weighted by molar-refractivity contribution is 0.0698. The molecule has 2 heterocycles. The predicted molar refractivity (Wildman–Crippen MR) is 104 cm³/mol. The molecule has 6 nitrogen and oxygen atoms in total. The van der Waals surface area contributed by atoms with Crippen molar-refractivity contribution >= 4 is 33.0 Å². The Morgan fingerprint density at radius 1 is 1.00 bits per heavy atom. The number of carbonyl (C=O) groups is 1. The Morgan fingerprint density at radius 3 is 2.12 bits per heavy atom. The number of benzene rings is 1. The monoisotopic (exact) mass is 393 g/mol. The van der Waals surface area contributed by atoms with Crippen LogP contribution in [0.2, 0.25) is 0 Å². The van der Waals surface area contributed by atoms with E-state index < -0.39 is 10.0 Å². The summed E-state index contributed by atoms with van der Waals surface area (Å²) in [6.45, 7) is 3.33. The quantitative estimate of drug-likeness (QED) is 0.800. The fraction of sp³-hybridized carbons (Fsp3) is 0.389. The van der Waals surface area contributed by atoms with Gasteiger partial charge in [0.15, 0.2) is 0 Å². The summed E-state index contributed by atoms with van der Waals surface area (Å²) in [5, 5.41) is 0. The van der Waals surface area contributed by atoms with Gasteiger partial charge in [-0.2, -0.15) is 4.31 Å². The summed E-state index contributed by atoms with van der Waals surface area (Å²) in [6.07, 6.45) is 0. The molecule has 3 rings (SSSR count). The standard InChI is InChI=1S/C18H23N3O3S2/c1-14-4-9-17(25-14)26(23,24)21-12-10-20(11-13-21)18(22)15-5-7-16(8-6-15)19(2)3/h4-9H,10-13H2,1-3H3. The highest BCUT2D eigenvalue weighted by Gasteiger charge is 2.31. The van der Waals surface area contributed by atoms with Crippen LogP contribution in [0.4, 0.5) is 5.69 Å². The number of sulfonamides is 1. The van der Waals surface area contributed by atoms with Crippen molar-refractivity contribution in [1.82, 2.24) is 9.21 Å². The first-order chi connectivity index (χ1) is 12.3. The molecule has 0 atom stereocenters. The van der Waals surface area contributed by atoms with Gasteiger partial charge in [-0.15, -0.1) is 11.3 Å². The van der Waals surface area contributed by atoms with Gasteiger partial charge in [0.05, 0.1) is 0 Å². The third kappa shape index (κ3) is 3.77. The molecule has 0 unspecified atom stereocenters. The zero-order chi connectivity index (χ0) is 18.9. The van der Waals surface area contributed by atoms with E-state index in [9.17, 15) is 13.2 Å². The molecule has 2 aromatic rings. The zero-order valence-corrected chi connectivity index (χ0v) is 16.8. The number of carbonyl (C=O) groups excluding carboxylic acids is 1. The Balaban J connectivity index is 1.65. The smallest absolute Gasteiger partial charge is 0.253 e. The van der Waals surface area contributed by atoms with Crippen LogP contribution in [-0.2, 0) is 10.0 Å². The first-order valence-corrected chi connectivity index (χ1v) is 10.7. The lowest BCUT2D eigenvalue weighted by atomic mass is 10.1. The molecule has 0 saturated carbocycles. The fourth-order valence-corrected chi connectivity index (χ4v) is 5.75. The van der Waals surface area contributed by atoms with Crippen LogP contribution < -0.4 is 4.90 Å². The van der Waals surface area contributed by atoms with Gasteiger partial charge >= 0.3 is 0 Å². The van der Waals surface area contributed by atoms with Crippen LogP contribution in [0.3, 0.4) is 0 Å². The highest BCUT2D eigenvalue weighted by Crippen LogP contribution is 2.25. The SMILES string of the molecule is Cc1ccc(S(=O)(=O)N2CCN(C(=O)c3ccc(N(C)C)cc3)CC2)s1. The Labute approximate surface area is 158 Å². The Hall–Kier alpha value is -1.90. The van der Waals surface area contributed by atoms with Crippen molar-refractivity contribution in [1.29, 1.82) is 0 Å². The molecule has 0 spiro atoms. The van der Waals surface area contributed by atoms with Gasteiger partial charge in [0.1, 0.15) is 4.21 Å². The van der Waals surface area contributed by atoms with Gasteiger partial charge < -0.3 is 9.80 Å². The number of anilines is 1. The summed E-state index contributed by atoms with van der Waals surface area (Å²) in [6, 6.07) is 10.9. The molecular formula is C18H23N3O3S2. The van der Waals surface area contributed by atoms with Gasteiger partial charge in [-0.3, -0.25) is 4.79 Å². The van der Waals surface area contributed by atoms with E-state index in [4.69, 9.17) is 0 Å². The van der Waals surface area contributed by atoms with E-state index in [1.165, 1.54) is 15.6 Å². The molecule has 1 fully saturated rings. The van der Waals surface area contributed by atoms with Crippen molar-refractivity contribution in [3.63, 3.8) is 0 Å². The molecule has 1 saturated heterocycles. The van der Waals surface area contributed by atoms with E-state index in [2.05, 4.69) is 0 Å². The Bertz CT molecular complexity index is 881. The van der Waals surface area contributed by atoms with E-state index in [1.54, 1.807) is 11.0 Å². The van der Waals surface area contributed by atoms with Gasteiger partial charge in [-0.25, -0.2) is 8.42 Å². The number of rotatable bonds is 4. The molecule has 0 aliphatic carbocycles. The summed E-state index contributed by atoms with van der Waals surface area (Å²) < 4.78 is 27.2. The number of aryl methyl sites for hydroxylation is 1. The van der Waals surface area contributed by atoms with E-state index in [0.717, 1.165) is 10.6 Å². The Kier molecular flexibility index (Phi) is 5.36. The molecule has 1 amide bonds. The third-order valence-corrected chi connectivity index (χ3v) is 7.83. The number of hydrogen-bond donors (Lipinski definition) is 0. The van der Waals surface area contributed by atoms with Crippen LogP contribution in [0.1, 0.15) is 15.2 Å². The second-order valence-corrected chi connectivity index (χ2v) is 9.96. The van der Waals surface area contributed by atoms with Crippen molar-refractivity contribution in [3.05, 3.63) is 46.8 Å². The average Bonchev–Trinajstić information content (AvgIpc) is 3.08. The van der Waals surface area contributed by atoms with Gasteiger partial charge in [-0.05, 0) is 43.3 Å². The van der Waals surface area contributed by atoms with Crippen LogP contribution in [-0.4, -0.2) is 63.8 Å². The Morgan fingerprint density at radius 2 is 1.62 bits per heavy atom. The number of piperazine rings is 1. The van der Waals surface area contributed by atoms with Crippen molar-refractivity contribution in [2.75, 3.05) is 45.2 Å². The van der Waals surface area contributed by atoms with Crippen LogP contribution in [0.25, 0.3) is 0 Å². The molecule has 26 heavy (non-hydrogen) atoms. The first-order valence-electron chi connectivity index (χ1n) is 8.42. The molecule has 1 aliphatic heterocycles. The van der Waals surface area contributed by atoms with Gasteiger partial charge in [0.25, 0.3) is 15.9 Å². The molecule has 1 aromatic heterocycles. The van der Waals surface area contributed by atoms with Crippen LogP contribution in [0, 0.1) is 6.92 Å². The van der Waals surface area contributed by atoms with E-state index in [-0.39, 0.29) is 5.91 Å². The minimum atomic E-state index is -3.46. The predicted octanol–water partition coefficient (Wildman–Crippen LogP) is 2.27. The third-order valence-electron chi connectivity index (χ3n) is 4.47. The number of amides is 1. The molecule has 140 valence electrons. The van der Waals surface area contributed by atoms with E-state index >= 15 is 0 Å². The maximum Gasteiger partial charge on any atom is 0.253 e. The number of hydrogen-bond acceptors (Lipinski definition) is 5. The fourth-order valence-electron chi connectivity index (χ4n) is 2.89. The summed E-state index contributed by atoms with van der Waals surface area (Å²) in [5.41, 5.74) is 1.66. The minimum Gasteiger partial charge on any atom is -0.378 e. The summed E-state index contributed by atoms with van der Waals surface area (Å²) in [5.74, 6) is -0.0562. The van der Waals surface area contributed by atoms with Crippen molar-refractivity contribution in [2.24, 2.45) is 0 Å².